The molecule has 0 aliphatic heterocycles. The van der Waals surface area contributed by atoms with Crippen molar-refractivity contribution in [3.05, 3.63) is 155 Å². The molecule has 3 N–H and O–H groups in total. The molecule has 9 heteroatoms. The molecule has 0 fully saturated rings. The van der Waals surface area contributed by atoms with E-state index >= 15 is 0 Å². The SMILES string of the molecule is CC(N)c1cccc(C(=O)N(CI)[C@H](Cc2ccc3ccccc3c2)C(=O)N(C)[C@H](Cc2ccc(F)cc2)C(=O)NCCc2ccccc2)c1. The molecule has 50 heavy (non-hydrogen) atoms. The van der Waals surface area contributed by atoms with E-state index in [1.165, 1.54) is 17.0 Å². The summed E-state index contributed by atoms with van der Waals surface area (Å²) in [5.74, 6) is -1.40. The van der Waals surface area contributed by atoms with Crippen molar-refractivity contribution in [1.29, 1.82) is 0 Å². The number of carbonyl (C=O) groups is 3. The predicted octanol–water partition coefficient (Wildman–Crippen LogP) is 6.87. The third kappa shape index (κ3) is 9.34. The fraction of sp³-hybridized carbons (Fsp3) is 0.244. The molecule has 0 bridgehead atoms. The monoisotopic (exact) mass is 784 g/mol. The number of likely N-dealkylation sites (N-methyl/N-ethyl adjacent to an activating group) is 1. The van der Waals surface area contributed by atoms with E-state index in [0.29, 0.717) is 24.1 Å². The number of hydrogen-bond acceptors (Lipinski definition) is 4. The van der Waals surface area contributed by atoms with Crippen molar-refractivity contribution >= 4 is 51.1 Å². The van der Waals surface area contributed by atoms with Crippen LogP contribution in [0.3, 0.4) is 0 Å². The molecule has 3 atom stereocenters. The standard InChI is InChI=1S/C41H42FIN4O3/c1-28(44)33-13-8-14-35(26-33)40(49)47(27-43)38(25-31-15-18-32-11-6-7-12-34(32)23-31)41(50)46(2)37(24-30-16-19-36(42)20-17-30)39(48)45-22-21-29-9-4-3-5-10-29/h3-20,23,26,28,37-38H,21-22,24-25,27,44H2,1-2H3,(H,45,48)/t28?,37-,38-/m1/s1. The molecule has 0 aliphatic rings. The van der Waals surface area contributed by atoms with Crippen LogP contribution in [-0.2, 0) is 28.9 Å². The average molecular weight is 785 g/mol. The number of fused-ring (bicyclic) bond motifs is 1. The molecule has 0 aliphatic carbocycles. The summed E-state index contributed by atoms with van der Waals surface area (Å²) in [6, 6.07) is 34.8. The lowest BCUT2D eigenvalue weighted by molar-refractivity contribution is -0.142. The van der Waals surface area contributed by atoms with Crippen LogP contribution in [-0.4, -0.2) is 57.7 Å². The first-order valence-electron chi connectivity index (χ1n) is 16.7. The number of nitrogens with two attached hydrogens (primary N) is 1. The first-order chi connectivity index (χ1) is 24.1. The Morgan fingerprint density at radius 2 is 1.42 bits per heavy atom. The quantitative estimate of drug-likeness (QED) is 0.0731. The van der Waals surface area contributed by atoms with Crippen molar-refractivity contribution in [2.75, 3.05) is 18.1 Å². The minimum atomic E-state index is -0.933. The maximum absolute atomic E-state index is 14.8. The van der Waals surface area contributed by atoms with E-state index in [4.69, 9.17) is 5.73 Å². The van der Waals surface area contributed by atoms with Crippen LogP contribution in [0.25, 0.3) is 10.8 Å². The van der Waals surface area contributed by atoms with Crippen LogP contribution in [0, 0.1) is 5.82 Å². The smallest absolute Gasteiger partial charge is 0.255 e. The Kier molecular flexibility index (Phi) is 12.7. The number of rotatable bonds is 14. The summed E-state index contributed by atoms with van der Waals surface area (Å²) in [6.45, 7) is 2.23. The Bertz CT molecular complexity index is 1920. The fourth-order valence-corrected chi connectivity index (χ4v) is 6.84. The van der Waals surface area contributed by atoms with E-state index < -0.39 is 12.1 Å². The largest absolute Gasteiger partial charge is 0.354 e. The zero-order valence-electron chi connectivity index (χ0n) is 28.3. The van der Waals surface area contributed by atoms with Gasteiger partial charge in [-0.1, -0.05) is 120 Å². The third-order valence-corrected chi connectivity index (χ3v) is 9.70. The zero-order valence-corrected chi connectivity index (χ0v) is 30.4. The second kappa shape index (κ2) is 17.4. The molecular formula is C41H42FIN4O3. The number of nitrogens with one attached hydrogen (secondary N) is 1. The Morgan fingerprint density at radius 1 is 0.760 bits per heavy atom. The lowest BCUT2D eigenvalue weighted by Gasteiger charge is -2.35. The maximum Gasteiger partial charge on any atom is 0.255 e. The summed E-state index contributed by atoms with van der Waals surface area (Å²) in [5.41, 5.74) is 10.0. The van der Waals surface area contributed by atoms with Gasteiger partial charge in [-0.2, -0.15) is 0 Å². The maximum atomic E-state index is 14.8. The number of alkyl halides is 1. The van der Waals surface area contributed by atoms with E-state index in [1.807, 2.05) is 85.8 Å². The van der Waals surface area contributed by atoms with Crippen molar-refractivity contribution in [2.24, 2.45) is 5.73 Å². The molecule has 0 saturated heterocycles. The Labute approximate surface area is 306 Å². The molecular weight excluding hydrogens is 742 g/mol. The van der Waals surface area contributed by atoms with Gasteiger partial charge in [0.05, 0.1) is 4.55 Å². The van der Waals surface area contributed by atoms with Gasteiger partial charge in [0.25, 0.3) is 5.91 Å². The van der Waals surface area contributed by atoms with Crippen LogP contribution < -0.4 is 11.1 Å². The van der Waals surface area contributed by atoms with E-state index in [1.54, 1.807) is 42.3 Å². The summed E-state index contributed by atoms with van der Waals surface area (Å²) in [4.78, 5) is 45.9. The van der Waals surface area contributed by atoms with Gasteiger partial charge in [-0.15, -0.1) is 0 Å². The highest BCUT2D eigenvalue weighted by Gasteiger charge is 2.36. The summed E-state index contributed by atoms with van der Waals surface area (Å²) in [6.07, 6.45) is 1.02. The predicted molar refractivity (Wildman–Crippen MR) is 205 cm³/mol. The van der Waals surface area contributed by atoms with Gasteiger partial charge in [-0.25, -0.2) is 4.39 Å². The molecule has 5 rings (SSSR count). The van der Waals surface area contributed by atoms with Gasteiger partial charge >= 0.3 is 0 Å². The number of benzene rings is 5. The highest BCUT2D eigenvalue weighted by molar-refractivity contribution is 14.1. The summed E-state index contributed by atoms with van der Waals surface area (Å²) >= 11 is 2.11. The molecule has 258 valence electrons. The number of amides is 3. The van der Waals surface area contributed by atoms with Crippen LogP contribution in [0.1, 0.15) is 45.6 Å². The van der Waals surface area contributed by atoms with Gasteiger partial charge < -0.3 is 20.9 Å². The van der Waals surface area contributed by atoms with Gasteiger partial charge in [-0.3, -0.25) is 14.4 Å². The van der Waals surface area contributed by atoms with Crippen molar-refractivity contribution in [3.8, 4) is 0 Å². The van der Waals surface area contributed by atoms with Crippen LogP contribution in [0.5, 0.6) is 0 Å². The molecule has 0 saturated carbocycles. The van der Waals surface area contributed by atoms with Crippen molar-refractivity contribution in [3.63, 3.8) is 0 Å². The molecule has 5 aromatic carbocycles. The highest BCUT2D eigenvalue weighted by atomic mass is 127. The van der Waals surface area contributed by atoms with Gasteiger partial charge in [0.15, 0.2) is 0 Å². The lowest BCUT2D eigenvalue weighted by Crippen LogP contribution is -2.56. The van der Waals surface area contributed by atoms with Crippen LogP contribution in [0.2, 0.25) is 0 Å². The minimum absolute atomic E-state index is 0.164. The van der Waals surface area contributed by atoms with Gasteiger partial charge in [-0.05, 0) is 70.6 Å². The van der Waals surface area contributed by atoms with E-state index in [2.05, 4.69) is 27.9 Å². The summed E-state index contributed by atoms with van der Waals surface area (Å²) < 4.78 is 14.1. The van der Waals surface area contributed by atoms with Gasteiger partial charge in [0, 0.05) is 38.0 Å². The lowest BCUT2D eigenvalue weighted by atomic mass is 9.97. The van der Waals surface area contributed by atoms with E-state index in [-0.39, 0.29) is 47.0 Å². The number of hydrogen-bond donors (Lipinski definition) is 2. The Hall–Kier alpha value is -4.61. The zero-order chi connectivity index (χ0) is 35.6. The molecule has 0 radical (unpaired) electrons. The Balaban J connectivity index is 1.48. The molecule has 7 nitrogen and oxygen atoms in total. The second-order valence-electron chi connectivity index (χ2n) is 12.5. The first kappa shape index (κ1) is 36.7. The normalized spacial score (nSPS) is 12.9. The van der Waals surface area contributed by atoms with Crippen LogP contribution >= 0.6 is 22.6 Å². The van der Waals surface area contributed by atoms with Crippen LogP contribution in [0.15, 0.2) is 121 Å². The molecule has 3 amide bonds. The van der Waals surface area contributed by atoms with Crippen molar-refractivity contribution in [1.82, 2.24) is 15.1 Å². The molecule has 1 unspecified atom stereocenters. The third-order valence-electron chi connectivity index (χ3n) is 8.97. The average Bonchev–Trinajstić information content (AvgIpc) is 3.14. The fourth-order valence-electron chi connectivity index (χ4n) is 6.05. The molecule has 0 spiro atoms. The summed E-state index contributed by atoms with van der Waals surface area (Å²) in [7, 11) is 1.60. The topological polar surface area (TPSA) is 95.7 Å². The van der Waals surface area contributed by atoms with E-state index in [0.717, 1.165) is 27.5 Å². The highest BCUT2D eigenvalue weighted by Crippen LogP contribution is 2.23. The Morgan fingerprint density at radius 3 is 2.12 bits per heavy atom. The molecule has 0 heterocycles. The number of carbonyl (C=O) groups excluding carboxylic acids is 3. The molecule has 0 aromatic heterocycles. The van der Waals surface area contributed by atoms with Gasteiger partial charge in [0.2, 0.25) is 11.8 Å². The summed E-state index contributed by atoms with van der Waals surface area (Å²) in [5, 5.41) is 5.10. The number of nitrogens with zero attached hydrogens (tertiary/aromatic N) is 2. The van der Waals surface area contributed by atoms with Gasteiger partial charge in [0.1, 0.15) is 17.9 Å². The van der Waals surface area contributed by atoms with Crippen molar-refractivity contribution in [2.45, 2.75) is 44.3 Å². The minimum Gasteiger partial charge on any atom is -0.354 e. The molecule has 5 aromatic rings. The van der Waals surface area contributed by atoms with Crippen molar-refractivity contribution < 1.29 is 18.8 Å². The van der Waals surface area contributed by atoms with E-state index in [9.17, 15) is 18.8 Å². The first-order valence-corrected chi connectivity index (χ1v) is 18.2. The number of halogens is 2. The second-order valence-corrected chi connectivity index (χ2v) is 13.2. The van der Waals surface area contributed by atoms with Crippen LogP contribution in [0.4, 0.5) is 4.39 Å².